The van der Waals surface area contributed by atoms with Crippen molar-refractivity contribution in [1.82, 2.24) is 4.98 Å². The fourth-order valence-corrected chi connectivity index (χ4v) is 1.10. The molecule has 0 atom stereocenters. The molecule has 0 saturated carbocycles. The maximum Gasteiger partial charge on any atom is 0.338 e. The normalized spacial score (nSPS) is 9.55. The quantitative estimate of drug-likeness (QED) is 0.526. The number of nitrogens with one attached hydrogen (secondary N) is 1. The maximum absolute atomic E-state index is 10.4. The topological polar surface area (TPSA) is 53.1 Å². The Labute approximate surface area is 72.6 Å². The molecule has 0 aromatic carbocycles. The molecule has 11 heavy (non-hydrogen) atoms. The zero-order valence-corrected chi connectivity index (χ0v) is 6.87. The number of carboxylic acid groups (broad SMARTS) is 1. The Balaban J connectivity index is 3.32. The van der Waals surface area contributed by atoms with Crippen molar-refractivity contribution in [2.75, 3.05) is 0 Å². The lowest BCUT2D eigenvalue weighted by Gasteiger charge is -1.94. The number of H-pyrrole nitrogens is 1. The lowest BCUT2D eigenvalue weighted by molar-refractivity contribution is 0.0696. The van der Waals surface area contributed by atoms with Crippen LogP contribution in [0.3, 0.4) is 0 Å². The predicted octanol–water partition coefficient (Wildman–Crippen LogP) is 2.10. The first-order valence-corrected chi connectivity index (χ1v) is 3.52. The molecule has 0 aliphatic heterocycles. The van der Waals surface area contributed by atoms with Crippen molar-refractivity contribution in [3.63, 3.8) is 0 Å². The number of pyridine rings is 1. The summed E-state index contributed by atoms with van der Waals surface area (Å²) >= 11 is 10.2. The molecule has 1 rings (SSSR count). The molecule has 0 saturated heterocycles. The Hall–Kier alpha value is -0.870. The van der Waals surface area contributed by atoms with Crippen LogP contribution in [0.4, 0.5) is 0 Å². The Bertz CT molecular complexity index is 347. The van der Waals surface area contributed by atoms with Crippen molar-refractivity contribution in [3.05, 3.63) is 27.5 Å². The van der Waals surface area contributed by atoms with Crippen LogP contribution in [0, 0.1) is 4.64 Å². The Morgan fingerprint density at radius 2 is 2.27 bits per heavy atom. The average molecular weight is 190 g/mol. The van der Waals surface area contributed by atoms with E-state index in [0.29, 0.717) is 5.15 Å². The first kappa shape index (κ1) is 8.23. The summed E-state index contributed by atoms with van der Waals surface area (Å²) in [6, 6.07) is 2.81. The van der Waals surface area contributed by atoms with Gasteiger partial charge in [-0.25, -0.2) is 4.79 Å². The van der Waals surface area contributed by atoms with Crippen molar-refractivity contribution in [3.8, 4) is 0 Å². The number of hydrogen-bond donors (Lipinski definition) is 2. The van der Waals surface area contributed by atoms with Gasteiger partial charge in [-0.1, -0.05) is 23.8 Å². The number of halogens is 1. The Morgan fingerprint density at radius 1 is 1.64 bits per heavy atom. The average Bonchev–Trinajstić information content (AvgIpc) is 1.85. The molecule has 0 spiro atoms. The summed E-state index contributed by atoms with van der Waals surface area (Å²) in [4.78, 5) is 12.9. The van der Waals surface area contributed by atoms with Crippen LogP contribution in [0.5, 0.6) is 0 Å². The molecule has 0 radical (unpaired) electrons. The Morgan fingerprint density at radius 3 is 2.73 bits per heavy atom. The smallest absolute Gasteiger partial charge is 0.338 e. The van der Waals surface area contributed by atoms with Gasteiger partial charge in [0.2, 0.25) is 0 Å². The summed E-state index contributed by atoms with van der Waals surface area (Å²) in [6.07, 6.45) is 0. The minimum absolute atomic E-state index is 0.0596. The van der Waals surface area contributed by atoms with E-state index in [1.807, 2.05) is 0 Å². The molecule has 1 aromatic heterocycles. The van der Waals surface area contributed by atoms with Gasteiger partial charge in [-0.2, -0.15) is 0 Å². The lowest BCUT2D eigenvalue weighted by atomic mass is 10.3. The van der Waals surface area contributed by atoms with Crippen LogP contribution in [0.15, 0.2) is 12.1 Å². The van der Waals surface area contributed by atoms with Crippen LogP contribution in [0.2, 0.25) is 5.15 Å². The predicted molar refractivity (Wildman–Crippen MR) is 43.6 cm³/mol. The summed E-state index contributed by atoms with van der Waals surface area (Å²) < 4.78 is 0.144. The van der Waals surface area contributed by atoms with Crippen LogP contribution in [0.25, 0.3) is 0 Å². The highest BCUT2D eigenvalue weighted by atomic mass is 35.5. The van der Waals surface area contributed by atoms with E-state index in [1.165, 1.54) is 12.1 Å². The minimum atomic E-state index is -1.05. The molecular formula is C6H4ClNO2S. The number of hydrogen-bond acceptors (Lipinski definition) is 2. The summed E-state index contributed by atoms with van der Waals surface area (Å²) in [7, 11) is 0. The first-order chi connectivity index (χ1) is 5.11. The van der Waals surface area contributed by atoms with Crippen molar-refractivity contribution < 1.29 is 9.90 Å². The summed E-state index contributed by atoms with van der Waals surface area (Å²) in [6.45, 7) is 0. The van der Waals surface area contributed by atoms with E-state index in [2.05, 4.69) is 4.98 Å². The fraction of sp³-hybridized carbons (Fsp3) is 0. The molecule has 1 aromatic rings. The van der Waals surface area contributed by atoms with Crippen molar-refractivity contribution in [2.45, 2.75) is 0 Å². The van der Waals surface area contributed by atoms with Gasteiger partial charge in [0.25, 0.3) is 0 Å². The molecule has 1 heterocycles. The number of aromatic nitrogens is 1. The SMILES string of the molecule is O=C(O)c1ccc(Cl)[nH]c1=S. The second kappa shape index (κ2) is 3.02. The maximum atomic E-state index is 10.4. The number of carboxylic acids is 1. The van der Waals surface area contributed by atoms with Crippen LogP contribution >= 0.6 is 23.8 Å². The van der Waals surface area contributed by atoms with Gasteiger partial charge in [0.15, 0.2) is 0 Å². The van der Waals surface area contributed by atoms with Crippen LogP contribution in [0.1, 0.15) is 10.4 Å². The van der Waals surface area contributed by atoms with Gasteiger partial charge in [0, 0.05) is 0 Å². The molecule has 0 aliphatic rings. The second-order valence-corrected chi connectivity index (χ2v) is 2.67. The molecule has 2 N–H and O–H groups in total. The number of aromatic carboxylic acids is 1. The molecular weight excluding hydrogens is 186 g/mol. The highest BCUT2D eigenvalue weighted by molar-refractivity contribution is 7.71. The first-order valence-electron chi connectivity index (χ1n) is 2.73. The van der Waals surface area contributed by atoms with Gasteiger partial charge in [-0.15, -0.1) is 0 Å². The van der Waals surface area contributed by atoms with E-state index in [9.17, 15) is 4.79 Å². The summed E-state index contributed by atoms with van der Waals surface area (Å²) in [5, 5.41) is 8.86. The third-order valence-electron chi connectivity index (χ3n) is 1.10. The summed E-state index contributed by atoms with van der Waals surface area (Å²) in [5.41, 5.74) is 0.0596. The highest BCUT2D eigenvalue weighted by Gasteiger charge is 2.03. The van der Waals surface area contributed by atoms with Crippen LogP contribution in [-0.2, 0) is 0 Å². The zero-order valence-electron chi connectivity index (χ0n) is 5.30. The van der Waals surface area contributed by atoms with Crippen molar-refractivity contribution in [2.24, 2.45) is 0 Å². The molecule has 0 amide bonds. The third-order valence-corrected chi connectivity index (χ3v) is 1.65. The van der Waals surface area contributed by atoms with Crippen molar-refractivity contribution in [1.29, 1.82) is 0 Å². The fourth-order valence-electron chi connectivity index (χ4n) is 0.618. The zero-order chi connectivity index (χ0) is 8.43. The molecule has 58 valence electrons. The van der Waals surface area contributed by atoms with Gasteiger partial charge < -0.3 is 10.1 Å². The van der Waals surface area contributed by atoms with E-state index >= 15 is 0 Å². The molecule has 5 heteroatoms. The lowest BCUT2D eigenvalue weighted by Crippen LogP contribution is -1.98. The second-order valence-electron chi connectivity index (χ2n) is 1.85. The van der Waals surface area contributed by atoms with Crippen molar-refractivity contribution >= 4 is 29.8 Å². The number of carbonyl (C=O) groups is 1. The van der Waals surface area contributed by atoms with E-state index in [0.717, 1.165) is 0 Å². The molecule has 3 nitrogen and oxygen atoms in total. The monoisotopic (exact) mass is 189 g/mol. The third kappa shape index (κ3) is 1.78. The van der Waals surface area contributed by atoms with E-state index in [-0.39, 0.29) is 10.2 Å². The minimum Gasteiger partial charge on any atom is -0.478 e. The van der Waals surface area contributed by atoms with Gasteiger partial charge >= 0.3 is 5.97 Å². The van der Waals surface area contributed by atoms with Gasteiger partial charge in [-0.3, -0.25) is 0 Å². The van der Waals surface area contributed by atoms with E-state index < -0.39 is 5.97 Å². The van der Waals surface area contributed by atoms with E-state index in [4.69, 9.17) is 28.9 Å². The van der Waals surface area contributed by atoms with Gasteiger partial charge in [0.1, 0.15) is 9.79 Å². The van der Waals surface area contributed by atoms with Gasteiger partial charge in [-0.05, 0) is 12.1 Å². The van der Waals surface area contributed by atoms with Crippen LogP contribution in [-0.4, -0.2) is 16.1 Å². The number of rotatable bonds is 1. The summed E-state index contributed by atoms with van der Waals surface area (Å²) in [5.74, 6) is -1.05. The largest absolute Gasteiger partial charge is 0.478 e. The van der Waals surface area contributed by atoms with Gasteiger partial charge in [0.05, 0.1) is 5.56 Å². The molecule has 0 aliphatic carbocycles. The van der Waals surface area contributed by atoms with E-state index in [1.54, 1.807) is 0 Å². The van der Waals surface area contributed by atoms with Crippen LogP contribution < -0.4 is 0 Å². The molecule has 0 fully saturated rings. The molecule has 0 bridgehead atoms. The number of aromatic amines is 1. The molecule has 0 unspecified atom stereocenters. The Kier molecular flexibility index (Phi) is 2.26. The standard InChI is InChI=1S/C6H4ClNO2S/c7-4-2-1-3(6(9)10)5(11)8-4/h1-2H,(H,8,11)(H,9,10). The highest BCUT2D eigenvalue weighted by Crippen LogP contribution is 2.07.